The average Bonchev–Trinajstić information content (AvgIpc) is 2.61. The van der Waals surface area contributed by atoms with E-state index in [9.17, 15) is 22.4 Å². The fraction of sp³-hybridized carbons (Fsp3) is 0.133. The van der Waals surface area contributed by atoms with Crippen LogP contribution in [0.4, 0.5) is 17.6 Å². The van der Waals surface area contributed by atoms with Gasteiger partial charge in [-0.25, -0.2) is 8.78 Å². The maximum atomic E-state index is 13.5. The predicted octanol–water partition coefficient (Wildman–Crippen LogP) is 4.13. The van der Waals surface area contributed by atoms with Crippen molar-refractivity contribution in [2.24, 2.45) is 0 Å². The number of ether oxygens (including phenoxy) is 1. The SMILES string of the molecule is O=C1c2cccc(Oc3cc(F)cc(F)c3)c2CC1(F)F. The first-order valence-corrected chi connectivity index (χ1v) is 6.05. The Bertz CT molecular complexity index is 720. The van der Waals surface area contributed by atoms with E-state index in [0.29, 0.717) is 6.07 Å². The van der Waals surface area contributed by atoms with E-state index in [1.54, 1.807) is 0 Å². The molecule has 0 saturated carbocycles. The summed E-state index contributed by atoms with van der Waals surface area (Å²) >= 11 is 0. The second-order valence-electron chi connectivity index (χ2n) is 4.70. The Balaban J connectivity index is 2.01. The molecule has 2 aromatic rings. The van der Waals surface area contributed by atoms with Gasteiger partial charge in [-0.3, -0.25) is 4.79 Å². The molecule has 0 heterocycles. The molecule has 0 unspecified atom stereocenters. The van der Waals surface area contributed by atoms with Crippen LogP contribution in [0.1, 0.15) is 15.9 Å². The second kappa shape index (κ2) is 4.58. The van der Waals surface area contributed by atoms with Crippen LogP contribution in [0.25, 0.3) is 0 Å². The van der Waals surface area contributed by atoms with Crippen molar-refractivity contribution < 1.29 is 27.1 Å². The lowest BCUT2D eigenvalue weighted by Gasteiger charge is -2.10. The number of Topliss-reactive ketones (excluding diaryl/α,β-unsaturated/α-hetero) is 1. The zero-order chi connectivity index (χ0) is 15.2. The minimum absolute atomic E-state index is 0.0111. The molecule has 1 aliphatic rings. The number of rotatable bonds is 2. The lowest BCUT2D eigenvalue weighted by atomic mass is 10.1. The Morgan fingerprint density at radius 2 is 1.71 bits per heavy atom. The van der Waals surface area contributed by atoms with Crippen molar-refractivity contribution in [3.63, 3.8) is 0 Å². The van der Waals surface area contributed by atoms with Gasteiger partial charge in [-0.05, 0) is 6.07 Å². The monoisotopic (exact) mass is 296 g/mol. The molecule has 0 radical (unpaired) electrons. The Hall–Kier alpha value is -2.37. The van der Waals surface area contributed by atoms with Crippen molar-refractivity contribution in [2.75, 3.05) is 0 Å². The number of fused-ring (bicyclic) bond motifs is 1. The number of carbonyl (C=O) groups excluding carboxylic acids is 1. The van der Waals surface area contributed by atoms with E-state index in [-0.39, 0.29) is 22.6 Å². The number of alkyl halides is 2. The minimum Gasteiger partial charge on any atom is -0.457 e. The quantitative estimate of drug-likeness (QED) is 0.779. The molecule has 3 rings (SSSR count). The molecule has 0 bridgehead atoms. The average molecular weight is 296 g/mol. The predicted molar refractivity (Wildman–Crippen MR) is 65.9 cm³/mol. The van der Waals surface area contributed by atoms with Gasteiger partial charge in [0, 0.05) is 35.7 Å². The topological polar surface area (TPSA) is 26.3 Å². The van der Waals surface area contributed by atoms with Crippen molar-refractivity contribution in [2.45, 2.75) is 12.3 Å². The number of benzene rings is 2. The molecule has 108 valence electrons. The molecule has 2 aromatic carbocycles. The van der Waals surface area contributed by atoms with Crippen LogP contribution in [0.15, 0.2) is 36.4 Å². The van der Waals surface area contributed by atoms with Gasteiger partial charge in [0.2, 0.25) is 5.78 Å². The van der Waals surface area contributed by atoms with Gasteiger partial charge in [-0.2, -0.15) is 8.78 Å². The van der Waals surface area contributed by atoms with E-state index >= 15 is 0 Å². The van der Waals surface area contributed by atoms with E-state index in [4.69, 9.17) is 4.74 Å². The third-order valence-electron chi connectivity index (χ3n) is 3.17. The molecular weight excluding hydrogens is 288 g/mol. The van der Waals surface area contributed by atoms with Crippen LogP contribution in [0.3, 0.4) is 0 Å². The summed E-state index contributed by atoms with van der Waals surface area (Å²) < 4.78 is 58.4. The standard InChI is InChI=1S/C15H8F4O2/c16-8-4-9(17)6-10(5-8)21-13-3-1-2-11-12(13)7-15(18,19)14(11)20/h1-6H,7H2. The van der Waals surface area contributed by atoms with Crippen molar-refractivity contribution in [3.05, 3.63) is 59.2 Å². The number of carbonyl (C=O) groups is 1. The van der Waals surface area contributed by atoms with Gasteiger partial charge in [-0.15, -0.1) is 0 Å². The normalized spacial score (nSPS) is 15.9. The molecule has 1 aliphatic carbocycles. The lowest BCUT2D eigenvalue weighted by Crippen LogP contribution is -2.23. The first kappa shape index (κ1) is 13.6. The Morgan fingerprint density at radius 3 is 2.38 bits per heavy atom. The molecule has 0 saturated heterocycles. The molecule has 0 fully saturated rings. The summed E-state index contributed by atoms with van der Waals surface area (Å²) in [6.07, 6.45) is -0.783. The van der Waals surface area contributed by atoms with E-state index < -0.39 is 29.8 Å². The van der Waals surface area contributed by atoms with Crippen molar-refractivity contribution in [3.8, 4) is 11.5 Å². The van der Waals surface area contributed by atoms with Crippen molar-refractivity contribution >= 4 is 5.78 Å². The summed E-state index contributed by atoms with van der Waals surface area (Å²) in [5.41, 5.74) is -0.0912. The maximum absolute atomic E-state index is 13.5. The summed E-state index contributed by atoms with van der Waals surface area (Å²) in [5, 5.41) is 0. The van der Waals surface area contributed by atoms with Gasteiger partial charge in [0.05, 0.1) is 0 Å². The first-order chi connectivity index (χ1) is 9.87. The number of halogens is 4. The van der Waals surface area contributed by atoms with E-state index in [1.807, 2.05) is 0 Å². The van der Waals surface area contributed by atoms with Crippen LogP contribution < -0.4 is 4.74 Å². The van der Waals surface area contributed by atoms with Crippen LogP contribution in [0.2, 0.25) is 0 Å². The lowest BCUT2D eigenvalue weighted by molar-refractivity contribution is 0.0166. The van der Waals surface area contributed by atoms with Gasteiger partial charge in [0.1, 0.15) is 23.1 Å². The number of ketones is 1. The van der Waals surface area contributed by atoms with Crippen molar-refractivity contribution in [1.29, 1.82) is 0 Å². The summed E-state index contributed by atoms with van der Waals surface area (Å²) in [6, 6.07) is 6.55. The molecule has 0 N–H and O–H groups in total. The zero-order valence-corrected chi connectivity index (χ0v) is 10.5. The van der Waals surface area contributed by atoms with Crippen LogP contribution in [0, 0.1) is 11.6 Å². The Kier molecular flexibility index (Phi) is 2.97. The summed E-state index contributed by atoms with van der Waals surface area (Å²) in [6.45, 7) is 0. The third kappa shape index (κ3) is 2.37. The fourth-order valence-electron chi connectivity index (χ4n) is 2.27. The van der Waals surface area contributed by atoms with Gasteiger partial charge in [-0.1, -0.05) is 12.1 Å². The van der Waals surface area contributed by atoms with E-state index in [0.717, 1.165) is 12.1 Å². The van der Waals surface area contributed by atoms with Gasteiger partial charge in [0.25, 0.3) is 0 Å². The first-order valence-electron chi connectivity index (χ1n) is 6.05. The molecule has 0 aliphatic heterocycles. The molecule has 0 aromatic heterocycles. The second-order valence-corrected chi connectivity index (χ2v) is 4.70. The summed E-state index contributed by atoms with van der Waals surface area (Å²) in [7, 11) is 0. The van der Waals surface area contributed by atoms with Crippen LogP contribution >= 0.6 is 0 Å². The smallest absolute Gasteiger partial charge is 0.313 e. The third-order valence-corrected chi connectivity index (χ3v) is 3.17. The van der Waals surface area contributed by atoms with Crippen LogP contribution in [-0.2, 0) is 6.42 Å². The molecular formula is C15H8F4O2. The molecule has 0 spiro atoms. The highest BCUT2D eigenvalue weighted by Crippen LogP contribution is 2.40. The van der Waals surface area contributed by atoms with Crippen molar-refractivity contribution in [1.82, 2.24) is 0 Å². The van der Waals surface area contributed by atoms with E-state index in [2.05, 4.69) is 0 Å². The van der Waals surface area contributed by atoms with Gasteiger partial charge < -0.3 is 4.74 Å². The van der Waals surface area contributed by atoms with Crippen LogP contribution in [0.5, 0.6) is 11.5 Å². The maximum Gasteiger partial charge on any atom is 0.313 e. The fourth-order valence-corrected chi connectivity index (χ4v) is 2.27. The minimum atomic E-state index is -3.48. The van der Waals surface area contributed by atoms with Gasteiger partial charge in [0.15, 0.2) is 0 Å². The highest BCUT2D eigenvalue weighted by Gasteiger charge is 2.47. The summed E-state index contributed by atoms with van der Waals surface area (Å²) in [4.78, 5) is 11.5. The molecule has 0 amide bonds. The van der Waals surface area contributed by atoms with Crippen LogP contribution in [-0.4, -0.2) is 11.7 Å². The molecule has 6 heteroatoms. The highest BCUT2D eigenvalue weighted by atomic mass is 19.3. The molecule has 0 atom stereocenters. The van der Waals surface area contributed by atoms with E-state index in [1.165, 1.54) is 18.2 Å². The molecule has 21 heavy (non-hydrogen) atoms. The highest BCUT2D eigenvalue weighted by molar-refractivity contribution is 6.06. The molecule has 2 nitrogen and oxygen atoms in total. The number of hydrogen-bond donors (Lipinski definition) is 0. The Labute approximate surface area is 117 Å². The zero-order valence-electron chi connectivity index (χ0n) is 10.5. The summed E-state index contributed by atoms with van der Waals surface area (Å²) in [5.74, 6) is -6.62. The van der Waals surface area contributed by atoms with Gasteiger partial charge >= 0.3 is 5.92 Å². The number of hydrogen-bond acceptors (Lipinski definition) is 2. The Morgan fingerprint density at radius 1 is 1.05 bits per heavy atom. The largest absolute Gasteiger partial charge is 0.457 e.